The summed E-state index contributed by atoms with van der Waals surface area (Å²) in [6.07, 6.45) is 0.142. The number of amides is 1. The second kappa shape index (κ2) is 7.01. The van der Waals surface area contributed by atoms with Crippen molar-refractivity contribution in [2.24, 2.45) is 0 Å². The maximum Gasteiger partial charge on any atom is 0.328 e. The van der Waals surface area contributed by atoms with Gasteiger partial charge in [0.1, 0.15) is 6.04 Å². The molecule has 0 spiro atoms. The quantitative estimate of drug-likeness (QED) is 0.832. The first-order chi connectivity index (χ1) is 8.54. The lowest BCUT2D eigenvalue weighted by molar-refractivity contribution is -0.146. The summed E-state index contributed by atoms with van der Waals surface area (Å²) in [5.41, 5.74) is 0.729. The zero-order chi connectivity index (χ0) is 13.5. The second-order valence-electron chi connectivity index (χ2n) is 3.81. The van der Waals surface area contributed by atoms with Crippen LogP contribution >= 0.6 is 11.6 Å². The molecule has 0 aliphatic rings. The predicted octanol–water partition coefficient (Wildman–Crippen LogP) is 1.95. The van der Waals surface area contributed by atoms with Gasteiger partial charge in [0.2, 0.25) is 5.91 Å². The van der Waals surface area contributed by atoms with Gasteiger partial charge in [0, 0.05) is 5.02 Å². The number of rotatable bonds is 5. The minimum absolute atomic E-state index is 0.142. The Kier molecular flexibility index (Phi) is 5.65. The highest BCUT2D eigenvalue weighted by atomic mass is 35.5. The Hall–Kier alpha value is -1.55. The molecule has 0 bridgehead atoms. The minimum Gasteiger partial charge on any atom is -0.464 e. The number of hydrogen-bond acceptors (Lipinski definition) is 3. The van der Waals surface area contributed by atoms with E-state index >= 15 is 0 Å². The van der Waals surface area contributed by atoms with Gasteiger partial charge in [0.25, 0.3) is 0 Å². The molecule has 1 unspecified atom stereocenters. The average Bonchev–Trinajstić information content (AvgIpc) is 2.32. The highest BCUT2D eigenvalue weighted by Gasteiger charge is 2.16. The van der Waals surface area contributed by atoms with Crippen molar-refractivity contribution in [1.29, 1.82) is 0 Å². The standard InChI is InChI=1S/C13H16ClNO3/c1-3-18-13(17)9(2)15-12(16)8-10-6-4-5-7-11(10)14/h4-7,9H,3,8H2,1-2H3,(H,15,16). The van der Waals surface area contributed by atoms with Crippen LogP contribution in [-0.2, 0) is 20.7 Å². The van der Waals surface area contributed by atoms with E-state index in [2.05, 4.69) is 5.32 Å². The lowest BCUT2D eigenvalue weighted by Crippen LogP contribution is -2.40. The monoisotopic (exact) mass is 269 g/mol. The summed E-state index contributed by atoms with van der Waals surface area (Å²) in [5.74, 6) is -0.700. The van der Waals surface area contributed by atoms with E-state index in [1.54, 1.807) is 32.0 Å². The molecule has 0 fully saturated rings. The Balaban J connectivity index is 2.52. The number of carbonyl (C=O) groups is 2. The van der Waals surface area contributed by atoms with E-state index in [0.717, 1.165) is 5.56 Å². The molecule has 1 atom stereocenters. The molecule has 0 heterocycles. The molecule has 1 amide bonds. The van der Waals surface area contributed by atoms with Gasteiger partial charge in [0.15, 0.2) is 0 Å². The van der Waals surface area contributed by atoms with E-state index in [1.807, 2.05) is 6.07 Å². The largest absolute Gasteiger partial charge is 0.464 e. The molecule has 5 heteroatoms. The smallest absolute Gasteiger partial charge is 0.328 e. The molecule has 0 saturated heterocycles. The first-order valence-electron chi connectivity index (χ1n) is 5.74. The fraction of sp³-hybridized carbons (Fsp3) is 0.385. The van der Waals surface area contributed by atoms with Crippen molar-refractivity contribution in [1.82, 2.24) is 5.32 Å². The Morgan fingerprint density at radius 1 is 1.39 bits per heavy atom. The first kappa shape index (κ1) is 14.5. The fourth-order valence-corrected chi connectivity index (χ4v) is 1.64. The van der Waals surface area contributed by atoms with Gasteiger partial charge in [0.05, 0.1) is 13.0 Å². The molecule has 18 heavy (non-hydrogen) atoms. The van der Waals surface area contributed by atoms with Gasteiger partial charge >= 0.3 is 5.97 Å². The van der Waals surface area contributed by atoms with E-state index in [0.29, 0.717) is 11.6 Å². The van der Waals surface area contributed by atoms with Crippen molar-refractivity contribution in [3.05, 3.63) is 34.9 Å². The topological polar surface area (TPSA) is 55.4 Å². The molecular formula is C13H16ClNO3. The molecule has 0 saturated carbocycles. The van der Waals surface area contributed by atoms with Crippen molar-refractivity contribution in [3.63, 3.8) is 0 Å². The van der Waals surface area contributed by atoms with Crippen LogP contribution in [0, 0.1) is 0 Å². The lowest BCUT2D eigenvalue weighted by atomic mass is 10.1. The highest BCUT2D eigenvalue weighted by molar-refractivity contribution is 6.31. The molecule has 1 rings (SSSR count). The summed E-state index contributed by atoms with van der Waals surface area (Å²) in [4.78, 5) is 23.0. The highest BCUT2D eigenvalue weighted by Crippen LogP contribution is 2.15. The SMILES string of the molecule is CCOC(=O)C(C)NC(=O)Cc1ccccc1Cl. The lowest BCUT2D eigenvalue weighted by Gasteiger charge is -2.12. The number of benzene rings is 1. The summed E-state index contributed by atoms with van der Waals surface area (Å²) in [6, 6.07) is 6.45. The first-order valence-corrected chi connectivity index (χ1v) is 6.11. The van der Waals surface area contributed by atoms with Crippen LogP contribution in [0.5, 0.6) is 0 Å². The van der Waals surface area contributed by atoms with Crippen LogP contribution in [0.2, 0.25) is 5.02 Å². The van der Waals surface area contributed by atoms with Crippen molar-refractivity contribution in [2.75, 3.05) is 6.61 Å². The summed E-state index contributed by atoms with van der Waals surface area (Å²) in [6.45, 7) is 3.60. The third kappa shape index (κ3) is 4.37. The van der Waals surface area contributed by atoms with E-state index in [9.17, 15) is 9.59 Å². The van der Waals surface area contributed by atoms with E-state index in [-0.39, 0.29) is 12.3 Å². The molecule has 1 aromatic rings. The van der Waals surface area contributed by atoms with Gasteiger partial charge in [-0.25, -0.2) is 4.79 Å². The maximum absolute atomic E-state index is 11.7. The Morgan fingerprint density at radius 3 is 2.67 bits per heavy atom. The zero-order valence-corrected chi connectivity index (χ0v) is 11.2. The average molecular weight is 270 g/mol. The number of hydrogen-bond donors (Lipinski definition) is 1. The van der Waals surface area contributed by atoms with Gasteiger partial charge in [-0.1, -0.05) is 29.8 Å². The molecule has 4 nitrogen and oxygen atoms in total. The summed E-state index contributed by atoms with van der Waals surface area (Å²) < 4.78 is 4.80. The molecule has 1 N–H and O–H groups in total. The molecule has 1 aromatic carbocycles. The normalized spacial score (nSPS) is 11.7. The number of ether oxygens (including phenoxy) is 1. The summed E-state index contributed by atoms with van der Waals surface area (Å²) in [7, 11) is 0. The minimum atomic E-state index is -0.653. The van der Waals surface area contributed by atoms with Crippen LogP contribution in [0.3, 0.4) is 0 Å². The Bertz CT molecular complexity index is 434. The second-order valence-corrected chi connectivity index (χ2v) is 4.22. The van der Waals surface area contributed by atoms with Crippen molar-refractivity contribution in [3.8, 4) is 0 Å². The molecule has 0 radical (unpaired) electrons. The van der Waals surface area contributed by atoms with E-state index in [4.69, 9.17) is 16.3 Å². The van der Waals surface area contributed by atoms with Gasteiger partial charge in [-0.2, -0.15) is 0 Å². The van der Waals surface area contributed by atoms with Crippen molar-refractivity contribution < 1.29 is 14.3 Å². The van der Waals surface area contributed by atoms with Crippen LogP contribution in [0.4, 0.5) is 0 Å². The van der Waals surface area contributed by atoms with Gasteiger partial charge in [-0.3, -0.25) is 4.79 Å². The van der Waals surface area contributed by atoms with Crippen LogP contribution in [0.25, 0.3) is 0 Å². The van der Waals surface area contributed by atoms with Crippen molar-refractivity contribution in [2.45, 2.75) is 26.3 Å². The van der Waals surface area contributed by atoms with Crippen LogP contribution < -0.4 is 5.32 Å². The van der Waals surface area contributed by atoms with Gasteiger partial charge in [-0.15, -0.1) is 0 Å². The van der Waals surface area contributed by atoms with Crippen LogP contribution in [0.15, 0.2) is 24.3 Å². The summed E-state index contributed by atoms with van der Waals surface area (Å²) >= 11 is 5.95. The van der Waals surface area contributed by atoms with Crippen molar-refractivity contribution >= 4 is 23.5 Å². The predicted molar refractivity (Wildman–Crippen MR) is 69.4 cm³/mol. The third-order valence-corrected chi connectivity index (χ3v) is 2.70. The van der Waals surface area contributed by atoms with Gasteiger partial charge < -0.3 is 10.1 Å². The zero-order valence-electron chi connectivity index (χ0n) is 10.4. The molecule has 0 aromatic heterocycles. The third-order valence-electron chi connectivity index (χ3n) is 2.33. The number of esters is 1. The van der Waals surface area contributed by atoms with E-state index < -0.39 is 12.0 Å². The molecular weight excluding hydrogens is 254 g/mol. The maximum atomic E-state index is 11.7. The molecule has 98 valence electrons. The molecule has 0 aliphatic carbocycles. The van der Waals surface area contributed by atoms with Crippen LogP contribution in [0.1, 0.15) is 19.4 Å². The summed E-state index contributed by atoms with van der Waals surface area (Å²) in [5, 5.41) is 3.11. The van der Waals surface area contributed by atoms with E-state index in [1.165, 1.54) is 0 Å². The number of nitrogens with one attached hydrogen (secondary N) is 1. The number of carbonyl (C=O) groups excluding carboxylic acids is 2. The Morgan fingerprint density at radius 2 is 2.06 bits per heavy atom. The van der Waals surface area contributed by atoms with Crippen LogP contribution in [-0.4, -0.2) is 24.5 Å². The van der Waals surface area contributed by atoms with Gasteiger partial charge in [-0.05, 0) is 25.5 Å². The number of halogens is 1. The molecule has 0 aliphatic heterocycles. The fourth-order valence-electron chi connectivity index (χ4n) is 1.43. The Labute approximate surface area is 111 Å².